The summed E-state index contributed by atoms with van der Waals surface area (Å²) in [6.07, 6.45) is 4.35. The average molecular weight is 535 g/mol. The smallest absolute Gasteiger partial charge is 0.404 e. The van der Waals surface area contributed by atoms with Crippen LogP contribution in [0.3, 0.4) is 0 Å². The normalized spacial score (nSPS) is 30.1. The van der Waals surface area contributed by atoms with Crippen molar-refractivity contribution in [3.8, 4) is 0 Å². The number of carbonyl (C=O) groups is 2. The van der Waals surface area contributed by atoms with E-state index in [0.29, 0.717) is 43.4 Å². The highest BCUT2D eigenvalue weighted by Crippen LogP contribution is 2.65. The van der Waals surface area contributed by atoms with E-state index in [1.807, 2.05) is 19.3 Å². The van der Waals surface area contributed by atoms with E-state index in [0.717, 1.165) is 12.8 Å². The zero-order valence-corrected chi connectivity index (χ0v) is 24.1. The summed E-state index contributed by atoms with van der Waals surface area (Å²) >= 11 is 0. The lowest BCUT2D eigenvalue weighted by molar-refractivity contribution is -0.199. The van der Waals surface area contributed by atoms with Gasteiger partial charge in [0.15, 0.2) is 0 Å². The van der Waals surface area contributed by atoms with Crippen LogP contribution in [0.1, 0.15) is 87.0 Å². The number of hydrogen-bond acceptors (Lipinski definition) is 7. The number of carbonyl (C=O) groups excluding carboxylic acids is 2. The predicted octanol–water partition coefficient (Wildman–Crippen LogP) is 2.68. The van der Waals surface area contributed by atoms with Crippen molar-refractivity contribution in [1.82, 2.24) is 16.1 Å². The van der Waals surface area contributed by atoms with E-state index in [1.54, 1.807) is 0 Å². The Morgan fingerprint density at radius 3 is 2.45 bits per heavy atom. The molecule has 4 aliphatic rings. The number of aliphatic imine (C=N–C) groups is 1. The van der Waals surface area contributed by atoms with Gasteiger partial charge in [-0.15, -0.1) is 4.91 Å². The second-order valence-electron chi connectivity index (χ2n) is 12.6. The Morgan fingerprint density at radius 1 is 1.13 bits per heavy atom. The van der Waals surface area contributed by atoms with Gasteiger partial charge in [0.25, 0.3) is 0 Å². The fourth-order valence-electron chi connectivity index (χ4n) is 6.45. The molecule has 0 radical (unpaired) electrons. The Hall–Kier alpha value is -2.21. The van der Waals surface area contributed by atoms with E-state index in [2.05, 4.69) is 55.5 Å². The molecule has 2 amide bonds. The molecule has 1 saturated heterocycles. The van der Waals surface area contributed by atoms with Gasteiger partial charge in [-0.25, -0.2) is 5.43 Å². The Kier molecular flexibility index (Phi) is 9.84. The summed E-state index contributed by atoms with van der Waals surface area (Å²) in [6, 6.07) is -0.745. The Balaban J connectivity index is 1.70. The first-order chi connectivity index (χ1) is 17.8. The summed E-state index contributed by atoms with van der Waals surface area (Å²) in [5.41, 5.74) is 7.45. The van der Waals surface area contributed by atoms with Crippen LogP contribution in [0.15, 0.2) is 10.3 Å². The summed E-state index contributed by atoms with van der Waals surface area (Å²) in [4.78, 5) is 40.6. The molecule has 0 aromatic rings. The van der Waals surface area contributed by atoms with Crippen molar-refractivity contribution in [3.05, 3.63) is 4.91 Å². The van der Waals surface area contributed by atoms with Crippen LogP contribution in [-0.2, 0) is 18.9 Å². The molecule has 214 valence electrons. The number of nitroso groups, excluding NO2 is 1. The van der Waals surface area contributed by atoms with Crippen molar-refractivity contribution in [2.45, 2.75) is 111 Å². The molecule has 1 heterocycles. The molecule has 4 fully saturated rings. The van der Waals surface area contributed by atoms with Crippen LogP contribution >= 0.6 is 0 Å². The van der Waals surface area contributed by atoms with E-state index in [4.69, 9.17) is 15.0 Å². The Bertz CT molecular complexity index is 901. The van der Waals surface area contributed by atoms with Gasteiger partial charge in [0.05, 0.1) is 22.9 Å². The van der Waals surface area contributed by atoms with E-state index < -0.39 is 13.2 Å². The van der Waals surface area contributed by atoms with Crippen molar-refractivity contribution in [3.63, 3.8) is 0 Å². The fraction of sp³-hybridized carbons (Fsp3) is 0.885. The molecule has 11 nitrogen and oxygen atoms in total. The van der Waals surface area contributed by atoms with Crippen LogP contribution in [0.2, 0.25) is 0 Å². The lowest BCUT2D eigenvalue weighted by Gasteiger charge is -2.64. The monoisotopic (exact) mass is 534 g/mol. The van der Waals surface area contributed by atoms with E-state index >= 15 is 0 Å². The van der Waals surface area contributed by atoms with Gasteiger partial charge in [-0.05, 0) is 68.6 Å². The second-order valence-corrected chi connectivity index (χ2v) is 12.6. The molecule has 12 heteroatoms. The molecule has 0 aromatic heterocycles. The maximum atomic E-state index is 13.6. The van der Waals surface area contributed by atoms with Crippen molar-refractivity contribution in [1.29, 1.82) is 0 Å². The first kappa shape index (κ1) is 30.3. The highest BCUT2D eigenvalue weighted by atomic mass is 16.7. The van der Waals surface area contributed by atoms with Crippen molar-refractivity contribution in [2.24, 2.45) is 45.1 Å². The molecule has 7 atom stereocenters. The third-order valence-corrected chi connectivity index (χ3v) is 9.14. The SMILES string of the molecule is CCC(C)C(=O)N[C@@H](CCCN=C(N)NN=O)C(=O)N[C@@H](CC(C)C)B1O[C@@H]2C[C@@H]3C[C@@H](C3(C)C)[C@]2(C)O1. The van der Waals surface area contributed by atoms with Gasteiger partial charge < -0.3 is 25.7 Å². The van der Waals surface area contributed by atoms with Crippen LogP contribution in [-0.4, -0.2) is 55.1 Å². The van der Waals surface area contributed by atoms with Crippen molar-refractivity contribution in [2.75, 3.05) is 6.54 Å². The van der Waals surface area contributed by atoms with E-state index in [1.165, 1.54) is 0 Å². The minimum atomic E-state index is -0.745. The van der Waals surface area contributed by atoms with Gasteiger partial charge in [0.1, 0.15) is 6.04 Å². The first-order valence-corrected chi connectivity index (χ1v) is 14.2. The Labute approximate surface area is 227 Å². The van der Waals surface area contributed by atoms with Gasteiger partial charge in [0, 0.05) is 12.5 Å². The fourth-order valence-corrected chi connectivity index (χ4v) is 6.45. The standard InChI is InChI=1S/C26H47BN6O5/c1-8-16(4)22(34)30-18(10-9-11-29-24(28)32-33-36)23(35)31-21(12-15(2)3)27-37-20-14-17-13-19(25(17,5)6)26(20,7)38-27/h15-21H,8-14H2,1-7H3,(H,30,34)(H,31,35)(H3,28,29,32,36)/t16?,17-,18-,19-,20+,21-,26-/m0/s1. The second kappa shape index (κ2) is 12.3. The summed E-state index contributed by atoms with van der Waals surface area (Å²) in [5, 5.41) is 8.57. The zero-order valence-electron chi connectivity index (χ0n) is 24.1. The third kappa shape index (κ3) is 6.50. The number of hydrogen-bond donors (Lipinski definition) is 4. The summed E-state index contributed by atoms with van der Waals surface area (Å²) in [7, 11) is -0.538. The number of nitrogens with one attached hydrogen (secondary N) is 3. The minimum Gasteiger partial charge on any atom is -0.404 e. The zero-order chi connectivity index (χ0) is 28.3. The van der Waals surface area contributed by atoms with Crippen LogP contribution in [0.25, 0.3) is 0 Å². The molecular formula is C26H47BN6O5. The topological polar surface area (TPSA) is 156 Å². The molecule has 0 aromatic carbocycles. The largest absolute Gasteiger partial charge is 0.481 e. The average Bonchev–Trinajstić information content (AvgIpc) is 3.21. The van der Waals surface area contributed by atoms with Gasteiger partial charge in [0.2, 0.25) is 17.8 Å². The lowest BCUT2D eigenvalue weighted by Crippen LogP contribution is -2.65. The Morgan fingerprint density at radius 2 is 1.84 bits per heavy atom. The summed E-state index contributed by atoms with van der Waals surface area (Å²) < 4.78 is 13.2. The molecule has 3 saturated carbocycles. The molecule has 5 N–H and O–H groups in total. The van der Waals surface area contributed by atoms with Gasteiger partial charge in [-0.1, -0.05) is 41.5 Å². The molecule has 1 unspecified atom stereocenters. The summed E-state index contributed by atoms with van der Waals surface area (Å²) in [5.74, 6) is 0.285. The molecule has 2 bridgehead atoms. The molecule has 1 aliphatic heterocycles. The number of nitrogens with zero attached hydrogens (tertiary/aromatic N) is 2. The highest BCUT2D eigenvalue weighted by molar-refractivity contribution is 6.48. The predicted molar refractivity (Wildman–Crippen MR) is 148 cm³/mol. The van der Waals surface area contributed by atoms with Crippen LogP contribution in [0.5, 0.6) is 0 Å². The lowest BCUT2D eigenvalue weighted by atomic mass is 9.43. The maximum Gasteiger partial charge on any atom is 0.481 e. The quantitative estimate of drug-likeness (QED) is 0.0707. The molecule has 38 heavy (non-hydrogen) atoms. The minimum absolute atomic E-state index is 0.0227. The van der Waals surface area contributed by atoms with Gasteiger partial charge in [-0.2, -0.15) is 0 Å². The van der Waals surface area contributed by atoms with Gasteiger partial charge >= 0.3 is 7.12 Å². The van der Waals surface area contributed by atoms with Crippen LogP contribution in [0.4, 0.5) is 0 Å². The number of nitrogens with two attached hydrogens (primary N) is 1. The number of guanidine groups is 1. The van der Waals surface area contributed by atoms with Crippen LogP contribution in [0, 0.1) is 34.0 Å². The van der Waals surface area contributed by atoms with Crippen molar-refractivity contribution < 1.29 is 18.9 Å². The number of amides is 2. The molecule has 4 rings (SSSR count). The first-order valence-electron chi connectivity index (χ1n) is 14.2. The maximum absolute atomic E-state index is 13.6. The van der Waals surface area contributed by atoms with Crippen LogP contribution < -0.4 is 21.8 Å². The molecular weight excluding hydrogens is 487 g/mol. The van der Waals surface area contributed by atoms with Gasteiger partial charge in [-0.3, -0.25) is 14.6 Å². The molecule has 0 spiro atoms. The third-order valence-electron chi connectivity index (χ3n) is 9.14. The van der Waals surface area contributed by atoms with Crippen molar-refractivity contribution >= 4 is 24.9 Å². The molecule has 3 aliphatic carbocycles. The number of rotatable bonds is 13. The van der Waals surface area contributed by atoms with E-state index in [9.17, 15) is 14.5 Å². The van der Waals surface area contributed by atoms with E-state index in [-0.39, 0.29) is 53.3 Å². The summed E-state index contributed by atoms with van der Waals surface area (Å²) in [6.45, 7) is 15.1. The highest BCUT2D eigenvalue weighted by Gasteiger charge is 2.68.